The highest BCUT2D eigenvalue weighted by atomic mass is 16.6. The fraction of sp³-hybridized carbons (Fsp3) is 0.567. The van der Waals surface area contributed by atoms with Crippen LogP contribution in [0, 0.1) is 0 Å². The second-order valence-corrected chi connectivity index (χ2v) is 12.0. The van der Waals surface area contributed by atoms with Crippen LogP contribution >= 0.6 is 0 Å². The van der Waals surface area contributed by atoms with E-state index >= 15 is 0 Å². The van der Waals surface area contributed by atoms with Crippen LogP contribution in [0.3, 0.4) is 0 Å². The summed E-state index contributed by atoms with van der Waals surface area (Å²) in [6.45, 7) is 9.84. The molecule has 1 N–H and O–H groups in total. The molecule has 4 heterocycles. The molecule has 0 spiro atoms. The second-order valence-electron chi connectivity index (χ2n) is 12.0. The van der Waals surface area contributed by atoms with Gasteiger partial charge in [0.2, 0.25) is 5.95 Å². The van der Waals surface area contributed by atoms with Crippen LogP contribution in [0.5, 0.6) is 5.75 Å². The van der Waals surface area contributed by atoms with Crippen LogP contribution in [0.25, 0.3) is 11.0 Å². The van der Waals surface area contributed by atoms with E-state index < -0.39 is 5.60 Å². The minimum atomic E-state index is -0.523. The number of anilines is 2. The van der Waals surface area contributed by atoms with Gasteiger partial charge in [0.25, 0.3) is 0 Å². The molecule has 218 valence electrons. The summed E-state index contributed by atoms with van der Waals surface area (Å²) in [5, 5.41) is 3.53. The average molecular weight is 562 g/mol. The van der Waals surface area contributed by atoms with Gasteiger partial charge in [-0.3, -0.25) is 4.98 Å². The largest absolute Gasteiger partial charge is 0.488 e. The molecule has 2 aliphatic heterocycles. The molecule has 11 heteroatoms. The predicted octanol–water partition coefficient (Wildman–Crippen LogP) is 4.35. The first kappa shape index (κ1) is 27.4. The molecule has 1 amide bonds. The highest BCUT2D eigenvalue weighted by molar-refractivity contribution is 5.85. The molecule has 1 aromatic carbocycles. The molecule has 11 nitrogen and oxygen atoms in total. The Hall–Kier alpha value is -3.73. The monoisotopic (exact) mass is 561 g/mol. The van der Waals surface area contributed by atoms with Crippen molar-refractivity contribution in [1.82, 2.24) is 24.8 Å². The number of carbonyl (C=O) groups is 1. The van der Waals surface area contributed by atoms with Gasteiger partial charge in [-0.05, 0) is 64.5 Å². The summed E-state index contributed by atoms with van der Waals surface area (Å²) in [6, 6.07) is 4.45. The van der Waals surface area contributed by atoms with Crippen molar-refractivity contribution < 1.29 is 19.0 Å². The summed E-state index contributed by atoms with van der Waals surface area (Å²) in [4.78, 5) is 35.1. The summed E-state index contributed by atoms with van der Waals surface area (Å²) in [5.74, 6) is 1.40. The molecule has 6 rings (SSSR count). The van der Waals surface area contributed by atoms with Crippen LogP contribution in [0.1, 0.15) is 57.7 Å². The van der Waals surface area contributed by atoms with Gasteiger partial charge in [0, 0.05) is 56.0 Å². The minimum Gasteiger partial charge on any atom is -0.488 e. The number of amides is 1. The maximum atomic E-state index is 12.6. The minimum absolute atomic E-state index is 0.102. The molecular formula is C30H39N7O4. The normalized spacial score (nSPS) is 21.3. The summed E-state index contributed by atoms with van der Waals surface area (Å²) < 4.78 is 17.7. The Kier molecular flexibility index (Phi) is 7.79. The zero-order valence-corrected chi connectivity index (χ0v) is 24.1. The third kappa shape index (κ3) is 6.61. The molecule has 1 saturated carbocycles. The smallest absolute Gasteiger partial charge is 0.410 e. The molecule has 3 aromatic rings. The summed E-state index contributed by atoms with van der Waals surface area (Å²) in [6.07, 6.45) is 9.58. The Balaban J connectivity index is 1.07. The van der Waals surface area contributed by atoms with E-state index in [1.54, 1.807) is 17.3 Å². The number of hydrogen-bond acceptors (Lipinski definition) is 10. The SMILES string of the molecule is CC(C)(C)OC(=O)N1CCc2cnc(N[C@H]3CC[C@@H](Oc4cc(N5CCOCC5)cc5nccnc45)CC3)nc2C1. The molecule has 1 aliphatic carbocycles. The zero-order chi connectivity index (χ0) is 28.4. The standard InChI is InChI=1S/C30H39N7O4/c1-30(2,3)41-29(38)37-11-8-20-18-33-28(35-25(20)19-37)34-21-4-6-23(7-5-21)40-26-17-22(36-12-14-39-15-13-36)16-24-27(26)32-10-9-31-24/h9-10,16-18,21,23H,4-8,11-15,19H2,1-3H3,(H,33,34,35)/t21-,23+. The Labute approximate surface area is 240 Å². The van der Waals surface area contributed by atoms with Gasteiger partial charge in [-0.2, -0.15) is 0 Å². The van der Waals surface area contributed by atoms with Crippen LogP contribution in [-0.2, 0) is 22.4 Å². The van der Waals surface area contributed by atoms with Crippen LogP contribution in [0.15, 0.2) is 30.7 Å². The van der Waals surface area contributed by atoms with Crippen LogP contribution < -0.4 is 15.0 Å². The van der Waals surface area contributed by atoms with Gasteiger partial charge >= 0.3 is 6.09 Å². The van der Waals surface area contributed by atoms with Crippen molar-refractivity contribution >= 4 is 28.8 Å². The van der Waals surface area contributed by atoms with Gasteiger partial charge in [0.05, 0.1) is 37.1 Å². The maximum absolute atomic E-state index is 12.6. The van der Waals surface area contributed by atoms with Crippen LogP contribution in [0.4, 0.5) is 16.4 Å². The number of rotatable bonds is 5. The molecule has 3 aliphatic rings. The molecule has 2 fully saturated rings. The van der Waals surface area contributed by atoms with Gasteiger partial charge < -0.3 is 29.3 Å². The number of aromatic nitrogens is 4. The van der Waals surface area contributed by atoms with Crippen molar-refractivity contribution in [3.05, 3.63) is 42.0 Å². The summed E-state index contributed by atoms with van der Waals surface area (Å²) in [5.41, 5.74) is 4.18. The van der Waals surface area contributed by atoms with Gasteiger partial charge in [0.1, 0.15) is 16.9 Å². The van der Waals surface area contributed by atoms with Crippen molar-refractivity contribution in [3.8, 4) is 5.75 Å². The van der Waals surface area contributed by atoms with Crippen molar-refractivity contribution in [2.24, 2.45) is 0 Å². The third-order valence-electron chi connectivity index (χ3n) is 7.80. The first-order valence-corrected chi connectivity index (χ1v) is 14.6. The molecule has 1 saturated heterocycles. The van der Waals surface area contributed by atoms with Gasteiger partial charge in [-0.25, -0.2) is 19.7 Å². The lowest BCUT2D eigenvalue weighted by molar-refractivity contribution is 0.0220. The topological polar surface area (TPSA) is 115 Å². The number of morpholine rings is 1. The van der Waals surface area contributed by atoms with Gasteiger partial charge in [0.15, 0.2) is 0 Å². The Morgan fingerprint density at radius 3 is 2.59 bits per heavy atom. The number of benzene rings is 1. The molecule has 0 unspecified atom stereocenters. The molecule has 41 heavy (non-hydrogen) atoms. The lowest BCUT2D eigenvalue weighted by Crippen LogP contribution is -2.40. The third-order valence-corrected chi connectivity index (χ3v) is 7.80. The fourth-order valence-electron chi connectivity index (χ4n) is 5.66. The van der Waals surface area contributed by atoms with Crippen LogP contribution in [-0.4, -0.2) is 81.5 Å². The van der Waals surface area contributed by atoms with E-state index in [-0.39, 0.29) is 18.2 Å². The first-order chi connectivity index (χ1) is 19.8. The Bertz CT molecular complexity index is 1380. The van der Waals surface area contributed by atoms with Crippen molar-refractivity contribution in [3.63, 3.8) is 0 Å². The quantitative estimate of drug-likeness (QED) is 0.482. The fourth-order valence-corrected chi connectivity index (χ4v) is 5.66. The number of nitrogens with one attached hydrogen (secondary N) is 1. The van der Waals surface area contributed by atoms with E-state index in [2.05, 4.69) is 37.3 Å². The maximum Gasteiger partial charge on any atom is 0.410 e. The molecule has 0 radical (unpaired) electrons. The lowest BCUT2D eigenvalue weighted by atomic mass is 9.93. The molecule has 0 atom stereocenters. The van der Waals surface area contributed by atoms with Gasteiger partial charge in [-0.1, -0.05) is 0 Å². The van der Waals surface area contributed by atoms with Crippen molar-refractivity contribution in [1.29, 1.82) is 0 Å². The average Bonchev–Trinajstić information content (AvgIpc) is 2.97. The highest BCUT2D eigenvalue weighted by Crippen LogP contribution is 2.33. The van der Waals surface area contributed by atoms with E-state index in [1.807, 2.05) is 27.0 Å². The molecule has 2 aromatic heterocycles. The van der Waals surface area contributed by atoms with E-state index in [0.29, 0.717) is 19.0 Å². The number of fused-ring (bicyclic) bond motifs is 2. The second kappa shape index (κ2) is 11.6. The number of ether oxygens (including phenoxy) is 3. The zero-order valence-electron chi connectivity index (χ0n) is 24.1. The number of carbonyl (C=O) groups excluding carboxylic acids is 1. The molecule has 0 bridgehead atoms. The summed E-state index contributed by atoms with van der Waals surface area (Å²) in [7, 11) is 0. The number of hydrogen-bond donors (Lipinski definition) is 1. The Morgan fingerprint density at radius 2 is 1.80 bits per heavy atom. The lowest BCUT2D eigenvalue weighted by Gasteiger charge is -2.32. The predicted molar refractivity (Wildman–Crippen MR) is 155 cm³/mol. The van der Waals surface area contributed by atoms with E-state index in [0.717, 1.165) is 92.1 Å². The van der Waals surface area contributed by atoms with Crippen molar-refractivity contribution in [2.45, 2.75) is 77.2 Å². The van der Waals surface area contributed by atoms with E-state index in [9.17, 15) is 4.79 Å². The van der Waals surface area contributed by atoms with Crippen molar-refractivity contribution in [2.75, 3.05) is 43.1 Å². The van der Waals surface area contributed by atoms with E-state index in [1.165, 1.54) is 0 Å². The molecular weight excluding hydrogens is 522 g/mol. The van der Waals surface area contributed by atoms with E-state index in [4.69, 9.17) is 19.2 Å². The first-order valence-electron chi connectivity index (χ1n) is 14.6. The summed E-state index contributed by atoms with van der Waals surface area (Å²) >= 11 is 0. The number of nitrogens with zero attached hydrogens (tertiary/aromatic N) is 6. The highest BCUT2D eigenvalue weighted by Gasteiger charge is 2.28. The Morgan fingerprint density at radius 1 is 1.02 bits per heavy atom. The van der Waals surface area contributed by atoms with Gasteiger partial charge in [-0.15, -0.1) is 0 Å². The van der Waals surface area contributed by atoms with Crippen LogP contribution in [0.2, 0.25) is 0 Å².